The molecule has 1 aromatic carbocycles. The van der Waals surface area contributed by atoms with E-state index in [1.54, 1.807) is 12.1 Å². The van der Waals surface area contributed by atoms with E-state index in [-0.39, 0.29) is 33.5 Å². The fourth-order valence-electron chi connectivity index (χ4n) is 5.54. The third-order valence-electron chi connectivity index (χ3n) is 7.21. The fraction of sp³-hybridized carbons (Fsp3) is 0.400. The molecule has 0 amide bonds. The lowest BCUT2D eigenvalue weighted by Crippen LogP contribution is -2.58. The van der Waals surface area contributed by atoms with Gasteiger partial charge in [-0.15, -0.1) is 10.2 Å². The van der Waals surface area contributed by atoms with E-state index in [2.05, 4.69) is 39.2 Å². The van der Waals surface area contributed by atoms with Gasteiger partial charge in [-0.05, 0) is 75.4 Å². The second kappa shape index (κ2) is 7.66. The molecule has 0 spiro atoms. The highest BCUT2D eigenvalue weighted by Gasteiger charge is 2.49. The van der Waals surface area contributed by atoms with Crippen molar-refractivity contribution in [3.05, 3.63) is 58.8 Å². The third kappa shape index (κ3) is 3.99. The first-order chi connectivity index (χ1) is 15.6. The van der Waals surface area contributed by atoms with Gasteiger partial charge < -0.3 is 20.3 Å². The average molecular weight is 450 g/mol. The Balaban J connectivity index is 1.40. The van der Waals surface area contributed by atoms with Crippen molar-refractivity contribution in [2.45, 2.75) is 56.7 Å². The normalized spacial score (nSPS) is 26.4. The Hall–Kier alpha value is -3.26. The van der Waals surface area contributed by atoms with Crippen molar-refractivity contribution < 1.29 is 9.50 Å². The topological polar surface area (TPSA) is 94.1 Å². The molecule has 4 heterocycles. The molecular formula is C25H28FN5O2. The number of aromatic amines is 1. The number of halogens is 1. The minimum Gasteiger partial charge on any atom is -0.507 e. The highest BCUT2D eigenvalue weighted by molar-refractivity contribution is 5.74. The van der Waals surface area contributed by atoms with Crippen LogP contribution in [0.25, 0.3) is 22.4 Å². The number of rotatable bonds is 4. The van der Waals surface area contributed by atoms with Crippen LogP contribution in [0, 0.1) is 5.82 Å². The van der Waals surface area contributed by atoms with Crippen molar-refractivity contribution in [2.75, 3.05) is 11.9 Å². The van der Waals surface area contributed by atoms with Crippen LogP contribution in [0.15, 0.2) is 47.4 Å². The minimum atomic E-state index is -0.553. The number of aromatic hydroxyl groups is 1. The van der Waals surface area contributed by atoms with Gasteiger partial charge in [-0.2, -0.15) is 0 Å². The van der Waals surface area contributed by atoms with Crippen molar-refractivity contribution in [3.63, 3.8) is 0 Å². The van der Waals surface area contributed by atoms with Gasteiger partial charge in [0.2, 0.25) is 5.56 Å². The molecule has 2 saturated heterocycles. The molecule has 0 saturated carbocycles. The summed E-state index contributed by atoms with van der Waals surface area (Å²) in [6.45, 7) is 4.58. The van der Waals surface area contributed by atoms with Gasteiger partial charge in [0.1, 0.15) is 11.6 Å². The molecule has 8 heteroatoms. The summed E-state index contributed by atoms with van der Waals surface area (Å²) >= 11 is 0. The van der Waals surface area contributed by atoms with E-state index in [1.807, 2.05) is 13.1 Å². The number of anilines is 1. The first-order valence-electron chi connectivity index (χ1n) is 11.2. The Morgan fingerprint density at radius 1 is 1.06 bits per heavy atom. The molecule has 0 aliphatic carbocycles. The van der Waals surface area contributed by atoms with E-state index in [0.29, 0.717) is 17.3 Å². The fourth-order valence-corrected chi connectivity index (χ4v) is 5.54. The maximum atomic E-state index is 14.8. The van der Waals surface area contributed by atoms with Gasteiger partial charge in [0.05, 0.1) is 5.69 Å². The number of nitrogens with one attached hydrogen (secondary N) is 2. The first kappa shape index (κ1) is 21.6. The molecule has 5 rings (SSSR count). The first-order valence-corrected chi connectivity index (χ1v) is 11.2. The van der Waals surface area contributed by atoms with Crippen LogP contribution in [0.3, 0.4) is 0 Å². The van der Waals surface area contributed by atoms with Crippen LogP contribution in [0.2, 0.25) is 0 Å². The smallest absolute Gasteiger partial charge is 0.248 e. The predicted octanol–water partition coefficient (Wildman–Crippen LogP) is 3.84. The largest absolute Gasteiger partial charge is 0.507 e. The Morgan fingerprint density at radius 3 is 2.42 bits per heavy atom. The molecule has 7 nitrogen and oxygen atoms in total. The average Bonchev–Trinajstić information content (AvgIpc) is 3.01. The van der Waals surface area contributed by atoms with Crippen molar-refractivity contribution >= 4 is 5.82 Å². The van der Waals surface area contributed by atoms with E-state index in [0.717, 1.165) is 18.7 Å². The summed E-state index contributed by atoms with van der Waals surface area (Å²) < 4.78 is 14.8. The zero-order valence-corrected chi connectivity index (χ0v) is 19.0. The van der Waals surface area contributed by atoms with Gasteiger partial charge in [0.15, 0.2) is 5.82 Å². The lowest BCUT2D eigenvalue weighted by molar-refractivity contribution is 0.207. The van der Waals surface area contributed by atoms with Crippen LogP contribution >= 0.6 is 0 Å². The summed E-state index contributed by atoms with van der Waals surface area (Å²) in [5.74, 6) is 0.0678. The molecule has 33 heavy (non-hydrogen) atoms. The highest BCUT2D eigenvalue weighted by Crippen LogP contribution is 2.44. The van der Waals surface area contributed by atoms with Crippen LogP contribution in [0.1, 0.15) is 39.5 Å². The number of H-pyrrole nitrogens is 1. The maximum Gasteiger partial charge on any atom is 0.248 e. The number of pyridine rings is 1. The minimum absolute atomic E-state index is 0.127. The molecular weight excluding hydrogens is 421 g/mol. The number of piperidine rings is 1. The zero-order valence-electron chi connectivity index (χ0n) is 19.0. The quantitative estimate of drug-likeness (QED) is 0.560. The molecule has 0 radical (unpaired) electrons. The van der Waals surface area contributed by atoms with Crippen LogP contribution < -0.4 is 15.8 Å². The summed E-state index contributed by atoms with van der Waals surface area (Å²) in [6.07, 6.45) is 5.88. The number of hydrogen-bond donors (Lipinski definition) is 3. The monoisotopic (exact) mass is 449 g/mol. The van der Waals surface area contributed by atoms with Gasteiger partial charge in [-0.3, -0.25) is 4.79 Å². The lowest BCUT2D eigenvalue weighted by Gasteiger charge is -2.45. The Morgan fingerprint density at radius 2 is 1.79 bits per heavy atom. The second-order valence-electron chi connectivity index (χ2n) is 9.99. The van der Waals surface area contributed by atoms with Crippen LogP contribution in [0.4, 0.5) is 10.2 Å². The van der Waals surface area contributed by atoms with Crippen molar-refractivity contribution in [3.8, 4) is 28.1 Å². The summed E-state index contributed by atoms with van der Waals surface area (Å²) in [5, 5.41) is 23.0. The van der Waals surface area contributed by atoms with E-state index in [4.69, 9.17) is 0 Å². The SMILES string of the molecule is CN(c1ccc(-c2cc(F)c(-c3cc[nH]c(=O)c3)cc2O)nn1)C1CC2(C)CC[C@](C)(C1)N2. The molecule has 2 aliphatic rings. The molecule has 2 aliphatic heterocycles. The Labute approximate surface area is 191 Å². The van der Waals surface area contributed by atoms with Crippen molar-refractivity contribution in [1.82, 2.24) is 20.5 Å². The van der Waals surface area contributed by atoms with Gasteiger partial charge in [0, 0.05) is 47.6 Å². The number of fused-ring (bicyclic) bond motifs is 2. The summed E-state index contributed by atoms with van der Waals surface area (Å²) in [6, 6.07) is 9.37. The lowest BCUT2D eigenvalue weighted by atomic mass is 9.84. The number of benzene rings is 1. The number of phenols is 1. The van der Waals surface area contributed by atoms with Gasteiger partial charge in [0.25, 0.3) is 0 Å². The van der Waals surface area contributed by atoms with E-state index < -0.39 is 5.82 Å². The molecule has 3 atom stereocenters. The van der Waals surface area contributed by atoms with E-state index >= 15 is 0 Å². The van der Waals surface area contributed by atoms with E-state index in [1.165, 1.54) is 37.2 Å². The Kier molecular flexibility index (Phi) is 5.01. The number of nitrogens with zero attached hydrogens (tertiary/aromatic N) is 3. The zero-order chi connectivity index (χ0) is 23.4. The van der Waals surface area contributed by atoms with Gasteiger partial charge in [-0.1, -0.05) is 0 Å². The van der Waals surface area contributed by atoms with Crippen molar-refractivity contribution in [2.24, 2.45) is 0 Å². The molecule has 2 aromatic heterocycles. The standard InChI is InChI=1S/C25H28FN5O2/c1-24-7-8-25(2,30-24)14-16(13-24)31(3)22-5-4-20(28-29-22)18-11-19(26)17(12-21(18)32)15-6-9-27-23(33)10-15/h4-6,9-12,16,30,32H,7-8,13-14H2,1-3H3,(H,27,33)/t16?,24-,25?/m1/s1. The van der Waals surface area contributed by atoms with Crippen molar-refractivity contribution in [1.29, 1.82) is 0 Å². The van der Waals surface area contributed by atoms with Crippen LogP contribution in [-0.2, 0) is 0 Å². The van der Waals surface area contributed by atoms with Crippen LogP contribution in [-0.4, -0.2) is 44.5 Å². The van der Waals surface area contributed by atoms with Crippen LogP contribution in [0.5, 0.6) is 5.75 Å². The molecule has 172 valence electrons. The van der Waals surface area contributed by atoms with Gasteiger partial charge in [-0.25, -0.2) is 4.39 Å². The predicted molar refractivity (Wildman–Crippen MR) is 126 cm³/mol. The number of phenolic OH excluding ortho intramolecular Hbond substituents is 1. The van der Waals surface area contributed by atoms with E-state index in [9.17, 15) is 14.3 Å². The third-order valence-corrected chi connectivity index (χ3v) is 7.21. The highest BCUT2D eigenvalue weighted by atomic mass is 19.1. The number of aromatic nitrogens is 3. The second-order valence-corrected chi connectivity index (χ2v) is 9.99. The van der Waals surface area contributed by atoms with Gasteiger partial charge >= 0.3 is 0 Å². The number of hydrogen-bond acceptors (Lipinski definition) is 6. The molecule has 2 unspecified atom stereocenters. The molecule has 2 bridgehead atoms. The molecule has 3 N–H and O–H groups in total. The summed E-state index contributed by atoms with van der Waals surface area (Å²) in [5.41, 5.74) is 1.12. The molecule has 3 aromatic rings. The summed E-state index contributed by atoms with van der Waals surface area (Å²) in [4.78, 5) is 16.2. The molecule has 2 fully saturated rings. The Bertz CT molecular complexity index is 1240. The summed E-state index contributed by atoms with van der Waals surface area (Å²) in [7, 11) is 2.04. The maximum absolute atomic E-state index is 14.8.